The maximum absolute atomic E-state index is 11.8. The summed E-state index contributed by atoms with van der Waals surface area (Å²) in [5.41, 5.74) is 0.323. The number of ether oxygens (including phenoxy) is 2. The highest BCUT2D eigenvalue weighted by Gasteiger charge is 2.15. The molecule has 0 radical (unpaired) electrons. The number of rotatable bonds is 5. The molecule has 0 aliphatic heterocycles. The Morgan fingerprint density at radius 2 is 2.15 bits per heavy atom. The van der Waals surface area contributed by atoms with Gasteiger partial charge in [0.05, 0.1) is 6.61 Å². The smallest absolute Gasteiger partial charge is 0.343 e. The predicted molar refractivity (Wildman–Crippen MR) is 78.5 cm³/mol. The molecule has 1 heterocycles. The maximum atomic E-state index is 11.8. The lowest BCUT2D eigenvalue weighted by atomic mass is 10.2. The first-order valence-electron chi connectivity index (χ1n) is 6.18. The molecule has 0 amide bonds. The van der Waals surface area contributed by atoms with Crippen molar-refractivity contribution in [3.63, 3.8) is 0 Å². The van der Waals surface area contributed by atoms with E-state index in [1.807, 2.05) is 30.5 Å². The minimum absolute atomic E-state index is 0.254. The van der Waals surface area contributed by atoms with E-state index in [0.717, 1.165) is 4.90 Å². The lowest BCUT2D eigenvalue weighted by molar-refractivity contribution is 0.0522. The van der Waals surface area contributed by atoms with Gasteiger partial charge in [-0.15, -0.1) is 11.8 Å². The van der Waals surface area contributed by atoms with Crippen LogP contribution in [0.1, 0.15) is 17.3 Å². The number of carbonyl (C=O) groups is 1. The molecule has 0 aliphatic carbocycles. The van der Waals surface area contributed by atoms with Gasteiger partial charge in [0.25, 0.3) is 0 Å². The molecule has 4 nitrogen and oxygen atoms in total. The summed E-state index contributed by atoms with van der Waals surface area (Å²) in [5, 5.41) is 0. The Hall–Kier alpha value is -2.01. The first kappa shape index (κ1) is 14.4. The summed E-state index contributed by atoms with van der Waals surface area (Å²) < 4.78 is 10.7. The average molecular weight is 289 g/mol. The zero-order chi connectivity index (χ0) is 14.4. The summed E-state index contributed by atoms with van der Waals surface area (Å²) >= 11 is 1.62. The monoisotopic (exact) mass is 289 g/mol. The highest BCUT2D eigenvalue weighted by Crippen LogP contribution is 2.26. The molecule has 2 rings (SSSR count). The number of benzene rings is 1. The second-order valence-corrected chi connectivity index (χ2v) is 4.74. The number of hydrogen-bond donors (Lipinski definition) is 0. The number of carbonyl (C=O) groups excluding carboxylic acids is 1. The Morgan fingerprint density at radius 1 is 1.30 bits per heavy atom. The van der Waals surface area contributed by atoms with Crippen LogP contribution < -0.4 is 4.74 Å². The Bertz CT molecular complexity index is 601. The molecule has 2 aromatic rings. The SMILES string of the molecule is CCOC(=O)c1cccnc1Oc1cccc(SC)c1. The molecule has 1 aromatic heterocycles. The van der Waals surface area contributed by atoms with Gasteiger partial charge in [0.1, 0.15) is 11.3 Å². The molecule has 20 heavy (non-hydrogen) atoms. The molecular weight excluding hydrogens is 274 g/mol. The largest absolute Gasteiger partial charge is 0.462 e. The molecule has 0 spiro atoms. The van der Waals surface area contributed by atoms with Crippen molar-refractivity contribution in [3.05, 3.63) is 48.2 Å². The summed E-state index contributed by atoms with van der Waals surface area (Å²) in [4.78, 5) is 17.0. The molecule has 104 valence electrons. The Morgan fingerprint density at radius 3 is 2.90 bits per heavy atom. The van der Waals surface area contributed by atoms with Crippen molar-refractivity contribution in [3.8, 4) is 11.6 Å². The van der Waals surface area contributed by atoms with Crippen LogP contribution in [0.4, 0.5) is 0 Å². The predicted octanol–water partition coefficient (Wildman–Crippen LogP) is 3.77. The highest BCUT2D eigenvalue weighted by atomic mass is 32.2. The zero-order valence-electron chi connectivity index (χ0n) is 11.3. The lowest BCUT2D eigenvalue weighted by Crippen LogP contribution is -2.07. The standard InChI is InChI=1S/C15H15NO3S/c1-3-18-15(17)13-8-5-9-16-14(13)19-11-6-4-7-12(10-11)20-2/h4-10H,3H2,1-2H3. The van der Waals surface area contributed by atoms with Crippen LogP contribution >= 0.6 is 11.8 Å². The third-order valence-corrected chi connectivity index (χ3v) is 3.25. The summed E-state index contributed by atoms with van der Waals surface area (Å²) in [5.74, 6) is 0.460. The first-order chi connectivity index (χ1) is 9.74. The van der Waals surface area contributed by atoms with E-state index in [0.29, 0.717) is 17.9 Å². The van der Waals surface area contributed by atoms with Crippen LogP contribution in [-0.2, 0) is 4.74 Å². The second kappa shape index (κ2) is 6.96. The Kier molecular flexibility index (Phi) is 5.01. The van der Waals surface area contributed by atoms with E-state index >= 15 is 0 Å². The summed E-state index contributed by atoms with van der Waals surface area (Å²) in [6.45, 7) is 2.08. The minimum Gasteiger partial charge on any atom is -0.462 e. The van der Waals surface area contributed by atoms with Gasteiger partial charge in [-0.05, 0) is 43.5 Å². The molecule has 0 fully saturated rings. The molecule has 0 aliphatic rings. The van der Waals surface area contributed by atoms with Crippen molar-refractivity contribution in [2.45, 2.75) is 11.8 Å². The first-order valence-corrected chi connectivity index (χ1v) is 7.41. The van der Waals surface area contributed by atoms with E-state index in [2.05, 4.69) is 4.98 Å². The van der Waals surface area contributed by atoms with Gasteiger partial charge < -0.3 is 9.47 Å². The maximum Gasteiger partial charge on any atom is 0.343 e. The molecule has 0 atom stereocenters. The fraction of sp³-hybridized carbons (Fsp3) is 0.200. The van der Waals surface area contributed by atoms with Crippen LogP contribution in [-0.4, -0.2) is 23.8 Å². The van der Waals surface area contributed by atoms with E-state index in [-0.39, 0.29) is 5.88 Å². The van der Waals surface area contributed by atoms with Crippen LogP contribution in [0.25, 0.3) is 0 Å². The van der Waals surface area contributed by atoms with E-state index in [9.17, 15) is 4.79 Å². The topological polar surface area (TPSA) is 48.4 Å². The van der Waals surface area contributed by atoms with Crippen molar-refractivity contribution in [2.24, 2.45) is 0 Å². The number of nitrogens with zero attached hydrogens (tertiary/aromatic N) is 1. The molecule has 0 saturated carbocycles. The second-order valence-electron chi connectivity index (χ2n) is 3.86. The normalized spacial score (nSPS) is 10.1. The number of pyridine rings is 1. The van der Waals surface area contributed by atoms with E-state index in [4.69, 9.17) is 9.47 Å². The van der Waals surface area contributed by atoms with Crippen molar-refractivity contribution >= 4 is 17.7 Å². The summed E-state index contributed by atoms with van der Waals surface area (Å²) in [6, 6.07) is 10.9. The molecule has 5 heteroatoms. The molecule has 0 unspecified atom stereocenters. The van der Waals surface area contributed by atoms with Crippen LogP contribution in [0, 0.1) is 0 Å². The van der Waals surface area contributed by atoms with Gasteiger partial charge in [-0.1, -0.05) is 6.07 Å². The van der Waals surface area contributed by atoms with E-state index < -0.39 is 5.97 Å². The van der Waals surface area contributed by atoms with Gasteiger partial charge in [-0.3, -0.25) is 0 Å². The van der Waals surface area contributed by atoms with Crippen LogP contribution in [0.5, 0.6) is 11.6 Å². The van der Waals surface area contributed by atoms with E-state index in [1.54, 1.807) is 37.0 Å². The summed E-state index contributed by atoms with van der Waals surface area (Å²) in [6.07, 6.45) is 3.57. The van der Waals surface area contributed by atoms with Gasteiger partial charge in [0.15, 0.2) is 0 Å². The van der Waals surface area contributed by atoms with Gasteiger partial charge in [-0.25, -0.2) is 9.78 Å². The Labute approximate surface area is 122 Å². The van der Waals surface area contributed by atoms with Gasteiger partial charge in [-0.2, -0.15) is 0 Å². The van der Waals surface area contributed by atoms with Crippen molar-refractivity contribution in [1.29, 1.82) is 0 Å². The van der Waals surface area contributed by atoms with Crippen LogP contribution in [0.15, 0.2) is 47.5 Å². The average Bonchev–Trinajstić information content (AvgIpc) is 2.48. The quantitative estimate of drug-likeness (QED) is 0.619. The highest BCUT2D eigenvalue weighted by molar-refractivity contribution is 7.98. The van der Waals surface area contributed by atoms with Gasteiger partial charge in [0, 0.05) is 11.1 Å². The third-order valence-electron chi connectivity index (χ3n) is 2.52. The van der Waals surface area contributed by atoms with Crippen LogP contribution in [0.3, 0.4) is 0 Å². The molecular formula is C15H15NO3S. The number of thioether (sulfide) groups is 1. The van der Waals surface area contributed by atoms with Crippen LogP contribution in [0.2, 0.25) is 0 Å². The van der Waals surface area contributed by atoms with Gasteiger partial charge in [0.2, 0.25) is 5.88 Å². The lowest BCUT2D eigenvalue weighted by Gasteiger charge is -2.09. The Balaban J connectivity index is 2.26. The van der Waals surface area contributed by atoms with Crippen molar-refractivity contribution in [1.82, 2.24) is 4.98 Å². The van der Waals surface area contributed by atoms with Crippen molar-refractivity contribution in [2.75, 3.05) is 12.9 Å². The fourth-order valence-corrected chi connectivity index (χ4v) is 2.06. The number of hydrogen-bond acceptors (Lipinski definition) is 5. The number of esters is 1. The van der Waals surface area contributed by atoms with Crippen molar-refractivity contribution < 1.29 is 14.3 Å². The molecule has 0 saturated heterocycles. The fourth-order valence-electron chi connectivity index (χ4n) is 1.61. The zero-order valence-corrected chi connectivity index (χ0v) is 12.1. The molecule has 0 N–H and O–H groups in total. The number of aromatic nitrogens is 1. The van der Waals surface area contributed by atoms with Gasteiger partial charge >= 0.3 is 5.97 Å². The third kappa shape index (κ3) is 3.51. The van der Waals surface area contributed by atoms with E-state index in [1.165, 1.54) is 0 Å². The molecule has 0 bridgehead atoms. The minimum atomic E-state index is -0.434. The summed E-state index contributed by atoms with van der Waals surface area (Å²) in [7, 11) is 0. The molecule has 1 aromatic carbocycles.